The number of hydrogen-bond donors (Lipinski definition) is 2. The molecule has 12 heteroatoms. The molecule has 4 heterocycles. The Hall–Kier alpha value is -2.89. The molecule has 2 aromatic heterocycles. The van der Waals surface area contributed by atoms with Gasteiger partial charge in [0.2, 0.25) is 10.0 Å². The number of aryl methyl sites for hydroxylation is 1. The summed E-state index contributed by atoms with van der Waals surface area (Å²) in [4.78, 5) is 22.6. The van der Waals surface area contributed by atoms with E-state index in [2.05, 4.69) is 9.62 Å². The fourth-order valence-corrected chi connectivity index (χ4v) is 5.85. The maximum Gasteiger partial charge on any atom is 0.256 e. The lowest BCUT2D eigenvalue weighted by atomic mass is 9.98. The number of rotatable bonds is 5. The summed E-state index contributed by atoms with van der Waals surface area (Å²) < 4.78 is 28.0. The summed E-state index contributed by atoms with van der Waals surface area (Å²) in [5.74, 6) is 0.621. The van der Waals surface area contributed by atoms with Crippen LogP contribution in [-0.2, 0) is 10.0 Å². The van der Waals surface area contributed by atoms with Crippen LogP contribution in [0.25, 0.3) is 5.65 Å². The van der Waals surface area contributed by atoms with E-state index in [-0.39, 0.29) is 29.2 Å². The zero-order valence-electron chi connectivity index (χ0n) is 20.3. The Morgan fingerprint density at radius 3 is 2.72 bits per heavy atom. The second-order valence-electron chi connectivity index (χ2n) is 9.69. The van der Waals surface area contributed by atoms with Gasteiger partial charge < -0.3 is 15.5 Å². The Kier molecular flexibility index (Phi) is 6.56. The number of likely N-dealkylation sites (tertiary alicyclic amines) is 1. The number of amides is 1. The molecule has 1 aromatic carbocycles. The molecule has 0 bridgehead atoms. The Morgan fingerprint density at radius 2 is 2.00 bits per heavy atom. The molecular weight excluding hydrogens is 502 g/mol. The summed E-state index contributed by atoms with van der Waals surface area (Å²) >= 11 is 6.19. The summed E-state index contributed by atoms with van der Waals surface area (Å²) in [6.45, 7) is 4.20. The molecule has 2 aliphatic heterocycles. The Balaban J connectivity index is 1.49. The maximum absolute atomic E-state index is 13.7. The van der Waals surface area contributed by atoms with Crippen LogP contribution in [0.2, 0.25) is 5.02 Å². The number of piperidine rings is 1. The van der Waals surface area contributed by atoms with Gasteiger partial charge in [-0.15, -0.1) is 0 Å². The monoisotopic (exact) mass is 531 g/mol. The van der Waals surface area contributed by atoms with Crippen LogP contribution >= 0.6 is 11.6 Å². The third kappa shape index (κ3) is 5.00. The van der Waals surface area contributed by atoms with E-state index in [9.17, 15) is 13.2 Å². The van der Waals surface area contributed by atoms with E-state index in [1.165, 1.54) is 12.1 Å². The van der Waals surface area contributed by atoms with Crippen molar-refractivity contribution in [2.45, 2.75) is 44.7 Å². The number of nitrogens with one attached hydrogen (secondary N) is 1. The molecule has 0 spiro atoms. The number of hydrogen-bond acceptors (Lipinski definition) is 7. The first kappa shape index (κ1) is 24.8. The second kappa shape index (κ2) is 9.53. The SMILES string of the molecule is Cc1cn2nc([C@@H]3CCCCN3C(=O)c3cc(Cl)ccc3NS(C)(=O)=O)cc2nc1N1CC[C@@H](N)C1. The lowest BCUT2D eigenvalue weighted by molar-refractivity contribution is 0.0607. The van der Waals surface area contributed by atoms with Crippen LogP contribution in [0.3, 0.4) is 0 Å². The molecule has 0 aliphatic carbocycles. The molecule has 10 nitrogen and oxygen atoms in total. The second-order valence-corrected chi connectivity index (χ2v) is 11.9. The number of carbonyl (C=O) groups excluding carboxylic acids is 1. The van der Waals surface area contributed by atoms with Gasteiger partial charge in [-0.3, -0.25) is 9.52 Å². The number of aromatic nitrogens is 3. The molecule has 1 amide bonds. The first-order valence-electron chi connectivity index (χ1n) is 12.0. The number of halogens is 1. The number of sulfonamides is 1. The van der Waals surface area contributed by atoms with Gasteiger partial charge in [-0.05, 0) is 50.8 Å². The van der Waals surface area contributed by atoms with Crippen LogP contribution in [0, 0.1) is 6.92 Å². The molecule has 0 radical (unpaired) electrons. The maximum atomic E-state index is 13.7. The molecular formula is C24H30ClN7O3S. The molecule has 2 saturated heterocycles. The van der Waals surface area contributed by atoms with Crippen molar-refractivity contribution in [3.8, 4) is 0 Å². The van der Waals surface area contributed by atoms with Crippen molar-refractivity contribution in [2.24, 2.45) is 5.73 Å². The van der Waals surface area contributed by atoms with E-state index in [1.54, 1.807) is 15.5 Å². The summed E-state index contributed by atoms with van der Waals surface area (Å²) in [5.41, 5.74) is 9.00. The van der Waals surface area contributed by atoms with Crippen molar-refractivity contribution >= 4 is 44.7 Å². The summed E-state index contributed by atoms with van der Waals surface area (Å²) in [5, 5.41) is 5.14. The minimum Gasteiger partial charge on any atom is -0.355 e. The lowest BCUT2D eigenvalue weighted by Gasteiger charge is -2.35. The van der Waals surface area contributed by atoms with Gasteiger partial charge in [-0.2, -0.15) is 5.10 Å². The van der Waals surface area contributed by atoms with E-state index < -0.39 is 10.0 Å². The highest BCUT2D eigenvalue weighted by Crippen LogP contribution is 2.34. The Bertz CT molecular complexity index is 1420. The largest absolute Gasteiger partial charge is 0.355 e. The normalized spacial score (nSPS) is 20.8. The molecule has 5 rings (SSSR count). The van der Waals surface area contributed by atoms with Crippen molar-refractivity contribution in [2.75, 3.05) is 35.5 Å². The number of nitrogens with zero attached hydrogens (tertiary/aromatic N) is 5. The molecule has 2 fully saturated rings. The van der Waals surface area contributed by atoms with E-state index in [0.717, 1.165) is 62.1 Å². The third-order valence-corrected chi connectivity index (χ3v) is 7.59. The van der Waals surface area contributed by atoms with Gasteiger partial charge in [-0.1, -0.05) is 11.6 Å². The highest BCUT2D eigenvalue weighted by Gasteiger charge is 2.32. The molecule has 0 unspecified atom stereocenters. The molecule has 2 atom stereocenters. The number of nitrogens with two attached hydrogens (primary N) is 1. The fraction of sp³-hybridized carbons (Fsp3) is 0.458. The smallest absolute Gasteiger partial charge is 0.256 e. The number of benzene rings is 1. The van der Waals surface area contributed by atoms with Crippen LogP contribution in [0.1, 0.15) is 53.3 Å². The Morgan fingerprint density at radius 1 is 1.19 bits per heavy atom. The predicted octanol–water partition coefficient (Wildman–Crippen LogP) is 2.97. The molecule has 192 valence electrons. The van der Waals surface area contributed by atoms with Crippen molar-refractivity contribution in [3.63, 3.8) is 0 Å². The van der Waals surface area contributed by atoms with Crippen LogP contribution in [-0.4, -0.2) is 65.8 Å². The van der Waals surface area contributed by atoms with Crippen molar-refractivity contribution in [1.82, 2.24) is 19.5 Å². The zero-order chi connectivity index (χ0) is 25.6. The molecule has 0 saturated carbocycles. The van der Waals surface area contributed by atoms with Gasteiger partial charge in [0, 0.05) is 48.5 Å². The van der Waals surface area contributed by atoms with Crippen LogP contribution in [0.5, 0.6) is 0 Å². The topological polar surface area (TPSA) is 126 Å². The van der Waals surface area contributed by atoms with Gasteiger partial charge >= 0.3 is 0 Å². The standard InChI is InChI=1S/C24H30ClN7O3S/c1-15-13-32-22(27-23(15)30-10-8-17(26)14-30)12-20(28-32)21-5-3-4-9-31(21)24(33)18-11-16(25)6-7-19(18)29-36(2,34)35/h6-7,11-13,17,21,29H,3-5,8-10,14,26H2,1-2H3/t17-,21+/m1/s1. The number of fused-ring (bicyclic) bond motifs is 1. The number of carbonyl (C=O) groups is 1. The average molecular weight is 532 g/mol. The third-order valence-electron chi connectivity index (χ3n) is 6.76. The van der Waals surface area contributed by atoms with Crippen molar-refractivity contribution in [3.05, 3.63) is 52.3 Å². The van der Waals surface area contributed by atoms with Crippen molar-refractivity contribution in [1.29, 1.82) is 0 Å². The fourth-order valence-electron chi connectivity index (χ4n) is 5.10. The van der Waals surface area contributed by atoms with Gasteiger partial charge in [0.05, 0.1) is 29.2 Å². The van der Waals surface area contributed by atoms with Crippen LogP contribution in [0.15, 0.2) is 30.5 Å². The van der Waals surface area contributed by atoms with Crippen LogP contribution < -0.4 is 15.4 Å². The highest BCUT2D eigenvalue weighted by atomic mass is 35.5. The van der Waals surface area contributed by atoms with E-state index in [0.29, 0.717) is 17.2 Å². The minimum absolute atomic E-state index is 0.151. The molecule has 3 N–H and O–H groups in total. The summed E-state index contributed by atoms with van der Waals surface area (Å²) in [6.07, 6.45) is 6.51. The van der Waals surface area contributed by atoms with Gasteiger partial charge in [0.25, 0.3) is 5.91 Å². The first-order chi connectivity index (χ1) is 17.1. The van der Waals surface area contributed by atoms with Crippen LogP contribution in [0.4, 0.5) is 11.5 Å². The highest BCUT2D eigenvalue weighted by molar-refractivity contribution is 7.92. The van der Waals surface area contributed by atoms with Gasteiger partial charge in [-0.25, -0.2) is 17.9 Å². The van der Waals surface area contributed by atoms with Crippen molar-refractivity contribution < 1.29 is 13.2 Å². The summed E-state index contributed by atoms with van der Waals surface area (Å²) in [7, 11) is -3.58. The zero-order valence-corrected chi connectivity index (χ0v) is 21.9. The average Bonchev–Trinajstić information content (AvgIpc) is 3.44. The van der Waals surface area contributed by atoms with E-state index >= 15 is 0 Å². The lowest BCUT2D eigenvalue weighted by Crippen LogP contribution is -2.39. The van der Waals surface area contributed by atoms with Gasteiger partial charge in [0.1, 0.15) is 5.82 Å². The first-order valence-corrected chi connectivity index (χ1v) is 14.3. The quantitative estimate of drug-likeness (QED) is 0.518. The molecule has 2 aliphatic rings. The summed E-state index contributed by atoms with van der Waals surface area (Å²) in [6, 6.07) is 6.40. The predicted molar refractivity (Wildman–Crippen MR) is 140 cm³/mol. The molecule has 36 heavy (non-hydrogen) atoms. The number of anilines is 2. The van der Waals surface area contributed by atoms with E-state index in [1.807, 2.05) is 19.2 Å². The molecule has 3 aromatic rings. The van der Waals surface area contributed by atoms with Gasteiger partial charge in [0.15, 0.2) is 5.65 Å². The Labute approximate surface area is 215 Å². The van der Waals surface area contributed by atoms with E-state index in [4.69, 9.17) is 27.4 Å². The minimum atomic E-state index is -3.58.